The monoisotopic (exact) mass is 374 g/mol. The Kier molecular flexibility index (Phi) is 4.56. The van der Waals surface area contributed by atoms with Crippen molar-refractivity contribution in [2.75, 3.05) is 0 Å². The largest absolute Gasteiger partial charge is 0.480 e. The normalized spacial score (nSPS) is 25.3. The number of fused-ring (bicyclic) bond motifs is 1. The number of furan rings is 1. The van der Waals surface area contributed by atoms with Gasteiger partial charge in [-0.25, -0.2) is 9.78 Å². The number of amides is 1. The lowest BCUT2D eigenvalue weighted by atomic mass is 9.84. The van der Waals surface area contributed by atoms with Crippen LogP contribution in [-0.4, -0.2) is 39.0 Å². The van der Waals surface area contributed by atoms with E-state index in [1.165, 1.54) is 11.3 Å². The van der Waals surface area contributed by atoms with Gasteiger partial charge in [0.2, 0.25) is 5.91 Å². The Morgan fingerprint density at radius 1 is 1.35 bits per heavy atom. The number of carbonyl (C=O) groups is 2. The second-order valence-corrected chi connectivity index (χ2v) is 8.09. The number of carboxylic acid groups (broad SMARTS) is 1. The Morgan fingerprint density at radius 3 is 2.88 bits per heavy atom. The zero-order chi connectivity index (χ0) is 18.3. The van der Waals surface area contributed by atoms with E-state index in [0.29, 0.717) is 23.8 Å². The number of aliphatic carboxylic acids is 1. The molecule has 3 unspecified atom stereocenters. The highest BCUT2D eigenvalue weighted by Crippen LogP contribution is 2.40. The number of rotatable bonds is 4. The highest BCUT2D eigenvalue weighted by Gasteiger charge is 2.47. The maximum Gasteiger partial charge on any atom is 0.326 e. The molecule has 6 nitrogen and oxygen atoms in total. The van der Waals surface area contributed by atoms with E-state index in [0.717, 1.165) is 36.5 Å². The molecule has 0 radical (unpaired) electrons. The van der Waals surface area contributed by atoms with Gasteiger partial charge in [0.1, 0.15) is 11.8 Å². The number of nitrogens with zero attached hydrogens (tertiary/aromatic N) is 2. The Labute approximate surface area is 155 Å². The van der Waals surface area contributed by atoms with E-state index >= 15 is 0 Å². The second-order valence-electron chi connectivity index (χ2n) is 7.23. The molecule has 2 fully saturated rings. The van der Waals surface area contributed by atoms with Crippen LogP contribution < -0.4 is 0 Å². The molecule has 2 aliphatic rings. The minimum atomic E-state index is -0.891. The molecule has 0 spiro atoms. The van der Waals surface area contributed by atoms with Crippen LogP contribution in [-0.2, 0) is 16.0 Å². The zero-order valence-corrected chi connectivity index (χ0v) is 15.5. The molecule has 1 saturated heterocycles. The SMILES string of the molecule is Cc1ccc(-c2nc(CC(=O)N3C(C(=O)O)CC4CCCCC43)cs2)o1. The molecule has 1 amide bonds. The van der Waals surface area contributed by atoms with Crippen LogP contribution in [0.15, 0.2) is 21.9 Å². The lowest BCUT2D eigenvalue weighted by Crippen LogP contribution is -2.46. The number of aryl methyl sites for hydroxylation is 1. The minimum Gasteiger partial charge on any atom is -0.480 e. The first kappa shape index (κ1) is 17.3. The van der Waals surface area contributed by atoms with E-state index in [2.05, 4.69) is 4.98 Å². The highest BCUT2D eigenvalue weighted by molar-refractivity contribution is 7.13. The van der Waals surface area contributed by atoms with Gasteiger partial charge in [-0.2, -0.15) is 0 Å². The van der Waals surface area contributed by atoms with Crippen LogP contribution in [0.3, 0.4) is 0 Å². The molecule has 2 aromatic heterocycles. The van der Waals surface area contributed by atoms with Crippen molar-refractivity contribution >= 4 is 23.2 Å². The third kappa shape index (κ3) is 3.16. The first-order chi connectivity index (χ1) is 12.5. The standard InChI is InChI=1S/C19H22N2O4S/c1-11-6-7-16(25-11)18-20-13(10-26-18)9-17(22)21-14-5-3-2-4-12(14)8-15(21)19(23)24/h6-7,10,12,14-15H,2-5,8-9H2,1H3,(H,23,24). The summed E-state index contributed by atoms with van der Waals surface area (Å²) in [5, 5.41) is 12.2. The molecule has 4 rings (SSSR count). The molecule has 26 heavy (non-hydrogen) atoms. The quantitative estimate of drug-likeness (QED) is 0.885. The summed E-state index contributed by atoms with van der Waals surface area (Å²) in [4.78, 5) is 30.8. The summed E-state index contributed by atoms with van der Waals surface area (Å²) < 4.78 is 5.58. The van der Waals surface area contributed by atoms with Crippen molar-refractivity contribution in [3.63, 3.8) is 0 Å². The molecule has 0 bridgehead atoms. The predicted octanol–water partition coefficient (Wildman–Crippen LogP) is 3.50. The number of thiazole rings is 1. The molecule has 1 N–H and O–H groups in total. The number of hydrogen-bond acceptors (Lipinski definition) is 5. The molecule has 1 aliphatic heterocycles. The first-order valence-electron chi connectivity index (χ1n) is 9.08. The highest BCUT2D eigenvalue weighted by atomic mass is 32.1. The molecular weight excluding hydrogens is 352 g/mol. The van der Waals surface area contributed by atoms with Gasteiger partial charge in [0.05, 0.1) is 12.1 Å². The fourth-order valence-electron chi connectivity index (χ4n) is 4.34. The molecule has 3 heterocycles. The van der Waals surface area contributed by atoms with E-state index in [1.807, 2.05) is 24.4 Å². The van der Waals surface area contributed by atoms with Gasteiger partial charge in [-0.05, 0) is 44.2 Å². The van der Waals surface area contributed by atoms with Gasteiger partial charge in [0, 0.05) is 11.4 Å². The van der Waals surface area contributed by atoms with Crippen molar-refractivity contribution < 1.29 is 19.1 Å². The van der Waals surface area contributed by atoms with Crippen LogP contribution in [0, 0.1) is 12.8 Å². The number of carboxylic acids is 1. The van der Waals surface area contributed by atoms with E-state index in [1.54, 1.807) is 4.90 Å². The second kappa shape index (κ2) is 6.87. The van der Waals surface area contributed by atoms with Crippen LogP contribution >= 0.6 is 11.3 Å². The summed E-state index contributed by atoms with van der Waals surface area (Å²) in [6.45, 7) is 1.88. The maximum atomic E-state index is 12.9. The van der Waals surface area contributed by atoms with Crippen LogP contribution in [0.5, 0.6) is 0 Å². The zero-order valence-electron chi connectivity index (χ0n) is 14.7. The van der Waals surface area contributed by atoms with Crippen LogP contribution in [0.1, 0.15) is 43.6 Å². The van der Waals surface area contributed by atoms with Gasteiger partial charge in [0.25, 0.3) is 0 Å². The molecule has 7 heteroatoms. The van der Waals surface area contributed by atoms with Gasteiger partial charge in [0.15, 0.2) is 10.8 Å². The van der Waals surface area contributed by atoms with Crippen molar-refractivity contribution in [2.24, 2.45) is 5.92 Å². The van der Waals surface area contributed by atoms with Gasteiger partial charge >= 0.3 is 5.97 Å². The van der Waals surface area contributed by atoms with E-state index in [4.69, 9.17) is 4.42 Å². The Morgan fingerprint density at radius 2 is 2.15 bits per heavy atom. The fraction of sp³-hybridized carbons (Fsp3) is 0.526. The van der Waals surface area contributed by atoms with Gasteiger partial charge in [-0.3, -0.25) is 4.79 Å². The average molecular weight is 374 g/mol. The summed E-state index contributed by atoms with van der Waals surface area (Å²) in [6.07, 6.45) is 4.86. The Bertz CT molecular complexity index is 827. The van der Waals surface area contributed by atoms with Crippen LogP contribution in [0.25, 0.3) is 10.8 Å². The van der Waals surface area contributed by atoms with Gasteiger partial charge in [-0.15, -0.1) is 11.3 Å². The molecular formula is C19H22N2O4S. The third-order valence-corrected chi connectivity index (χ3v) is 6.40. The summed E-state index contributed by atoms with van der Waals surface area (Å²) in [5.74, 6) is 0.823. The fourth-order valence-corrected chi connectivity index (χ4v) is 5.12. The van der Waals surface area contributed by atoms with Crippen LogP contribution in [0.2, 0.25) is 0 Å². The molecule has 138 valence electrons. The Hall–Kier alpha value is -2.15. The van der Waals surface area contributed by atoms with E-state index < -0.39 is 12.0 Å². The molecule has 0 aromatic carbocycles. The summed E-state index contributed by atoms with van der Waals surface area (Å²) in [6, 6.07) is 3.13. The lowest BCUT2D eigenvalue weighted by molar-refractivity contribution is -0.149. The van der Waals surface area contributed by atoms with Crippen molar-refractivity contribution in [1.29, 1.82) is 0 Å². The lowest BCUT2D eigenvalue weighted by Gasteiger charge is -2.32. The van der Waals surface area contributed by atoms with Crippen molar-refractivity contribution in [2.45, 2.75) is 57.5 Å². The van der Waals surface area contributed by atoms with Gasteiger partial charge in [-0.1, -0.05) is 12.8 Å². The number of carbonyl (C=O) groups excluding carboxylic acids is 1. The van der Waals surface area contributed by atoms with Crippen molar-refractivity contribution in [1.82, 2.24) is 9.88 Å². The summed E-state index contributed by atoms with van der Waals surface area (Å²) >= 11 is 1.44. The first-order valence-corrected chi connectivity index (χ1v) is 9.96. The third-order valence-electron chi connectivity index (χ3n) is 5.50. The smallest absolute Gasteiger partial charge is 0.326 e. The molecule has 3 atom stereocenters. The summed E-state index contributed by atoms with van der Waals surface area (Å²) in [7, 11) is 0. The van der Waals surface area contributed by atoms with Crippen molar-refractivity contribution in [3.05, 3.63) is 29.0 Å². The molecule has 1 aliphatic carbocycles. The molecule has 1 saturated carbocycles. The predicted molar refractivity (Wildman–Crippen MR) is 96.9 cm³/mol. The van der Waals surface area contributed by atoms with Crippen LogP contribution in [0.4, 0.5) is 0 Å². The minimum absolute atomic E-state index is 0.0724. The Balaban J connectivity index is 1.51. The number of hydrogen-bond donors (Lipinski definition) is 1. The average Bonchev–Trinajstić information content (AvgIpc) is 3.32. The topological polar surface area (TPSA) is 83.6 Å². The van der Waals surface area contributed by atoms with Crippen molar-refractivity contribution in [3.8, 4) is 10.8 Å². The van der Waals surface area contributed by atoms with Gasteiger partial charge < -0.3 is 14.4 Å². The van der Waals surface area contributed by atoms with E-state index in [-0.39, 0.29) is 18.4 Å². The van der Waals surface area contributed by atoms with E-state index in [9.17, 15) is 14.7 Å². The number of likely N-dealkylation sites (tertiary alicyclic amines) is 1. The molecule has 2 aromatic rings. The summed E-state index contributed by atoms with van der Waals surface area (Å²) in [5.41, 5.74) is 0.674. The number of aromatic nitrogens is 1. The maximum absolute atomic E-state index is 12.9.